The Bertz CT molecular complexity index is 1070. The normalized spacial score (nSPS) is 10.9. The van der Waals surface area contributed by atoms with Crippen LogP contribution in [-0.2, 0) is 0 Å². The monoisotopic (exact) mass is 315 g/mol. The van der Waals surface area contributed by atoms with E-state index in [2.05, 4.69) is 16.0 Å². The van der Waals surface area contributed by atoms with Gasteiger partial charge in [0.1, 0.15) is 5.82 Å². The van der Waals surface area contributed by atoms with Gasteiger partial charge in [0.2, 0.25) is 0 Å². The first-order valence-electron chi connectivity index (χ1n) is 7.47. The van der Waals surface area contributed by atoms with Gasteiger partial charge in [0.25, 0.3) is 5.56 Å². The highest BCUT2D eigenvalue weighted by atomic mass is 19.1. The van der Waals surface area contributed by atoms with Gasteiger partial charge >= 0.3 is 0 Å². The number of rotatable bonds is 2. The maximum Gasteiger partial charge on any atom is 0.257 e. The summed E-state index contributed by atoms with van der Waals surface area (Å²) >= 11 is 0. The Morgan fingerprint density at radius 3 is 2.46 bits per heavy atom. The number of H-pyrrole nitrogens is 1. The van der Waals surface area contributed by atoms with Crippen molar-refractivity contribution in [3.63, 3.8) is 0 Å². The maximum atomic E-state index is 13.3. The van der Waals surface area contributed by atoms with Crippen LogP contribution in [0.3, 0.4) is 0 Å². The third kappa shape index (κ3) is 2.48. The summed E-state index contributed by atoms with van der Waals surface area (Å²) in [7, 11) is 0. The minimum Gasteiger partial charge on any atom is -0.328 e. The standard InChI is InChI=1S/C20H12FN2O/c21-15-8-6-13(7-9-15)16-12-17-18(10-11-22-20(17)24)23-19(16)14-4-2-1-3-5-14/h2-12H,(H,22,24). The van der Waals surface area contributed by atoms with Crippen molar-refractivity contribution in [3.8, 4) is 22.4 Å². The number of hydrogen-bond acceptors (Lipinski definition) is 2. The summed E-state index contributed by atoms with van der Waals surface area (Å²) in [6.45, 7) is 0. The predicted molar refractivity (Wildman–Crippen MR) is 92.0 cm³/mol. The molecule has 0 unspecified atom stereocenters. The molecule has 4 aromatic rings. The quantitative estimate of drug-likeness (QED) is 0.602. The van der Waals surface area contributed by atoms with Gasteiger partial charge in [-0.2, -0.15) is 0 Å². The van der Waals surface area contributed by atoms with E-state index in [-0.39, 0.29) is 11.4 Å². The SMILES string of the molecule is O=c1[nH]ccc2nc(-c3cc[c]cc3)c(-c3ccc(F)cc3)cc12. The van der Waals surface area contributed by atoms with E-state index in [9.17, 15) is 9.18 Å². The van der Waals surface area contributed by atoms with Crippen LogP contribution in [-0.4, -0.2) is 9.97 Å². The number of aromatic nitrogens is 2. The van der Waals surface area contributed by atoms with Crippen LogP contribution in [0, 0.1) is 11.9 Å². The molecule has 0 aliphatic heterocycles. The summed E-state index contributed by atoms with van der Waals surface area (Å²) in [5.74, 6) is -0.304. The molecule has 24 heavy (non-hydrogen) atoms. The van der Waals surface area contributed by atoms with E-state index in [1.54, 1.807) is 30.5 Å². The highest BCUT2D eigenvalue weighted by Crippen LogP contribution is 2.32. The average Bonchev–Trinajstić information content (AvgIpc) is 2.63. The Labute approximate surface area is 137 Å². The first kappa shape index (κ1) is 14.3. The molecule has 115 valence electrons. The molecule has 0 saturated heterocycles. The van der Waals surface area contributed by atoms with Gasteiger partial charge < -0.3 is 4.98 Å². The summed E-state index contributed by atoms with van der Waals surface area (Å²) in [4.78, 5) is 19.4. The summed E-state index contributed by atoms with van der Waals surface area (Å²) in [5.41, 5.74) is 3.66. The third-order valence-corrected chi connectivity index (χ3v) is 3.90. The third-order valence-electron chi connectivity index (χ3n) is 3.90. The molecule has 4 rings (SSSR count). The molecule has 0 aliphatic carbocycles. The molecular weight excluding hydrogens is 303 g/mol. The van der Waals surface area contributed by atoms with Gasteiger partial charge in [-0.3, -0.25) is 4.79 Å². The molecule has 0 bridgehead atoms. The lowest BCUT2D eigenvalue weighted by Gasteiger charge is -2.11. The molecule has 0 saturated carbocycles. The first-order valence-corrected chi connectivity index (χ1v) is 7.47. The van der Waals surface area contributed by atoms with Gasteiger partial charge in [0.15, 0.2) is 0 Å². The molecule has 2 heterocycles. The molecule has 4 heteroatoms. The van der Waals surface area contributed by atoms with Crippen LogP contribution in [0.5, 0.6) is 0 Å². The lowest BCUT2D eigenvalue weighted by atomic mass is 9.98. The van der Waals surface area contributed by atoms with E-state index in [0.29, 0.717) is 10.9 Å². The molecule has 0 amide bonds. The van der Waals surface area contributed by atoms with E-state index < -0.39 is 0 Å². The highest BCUT2D eigenvalue weighted by Gasteiger charge is 2.12. The summed E-state index contributed by atoms with van der Waals surface area (Å²) in [5, 5.41) is 0.503. The van der Waals surface area contributed by atoms with E-state index in [1.165, 1.54) is 12.1 Å². The molecule has 0 aliphatic rings. The number of aromatic amines is 1. The van der Waals surface area contributed by atoms with Gasteiger partial charge in [0.05, 0.1) is 16.6 Å². The van der Waals surface area contributed by atoms with Crippen LogP contribution in [0.15, 0.2) is 71.7 Å². The number of benzene rings is 2. The number of nitrogens with zero attached hydrogens (tertiary/aromatic N) is 1. The zero-order valence-corrected chi connectivity index (χ0v) is 12.6. The van der Waals surface area contributed by atoms with E-state index in [1.807, 2.05) is 24.3 Å². The van der Waals surface area contributed by atoms with Gasteiger partial charge in [-0.05, 0) is 35.9 Å². The largest absolute Gasteiger partial charge is 0.328 e. The molecule has 2 aromatic carbocycles. The fraction of sp³-hybridized carbons (Fsp3) is 0. The molecule has 1 N–H and O–H groups in total. The molecule has 0 fully saturated rings. The topological polar surface area (TPSA) is 45.8 Å². The van der Waals surface area contributed by atoms with E-state index in [4.69, 9.17) is 0 Å². The van der Waals surface area contributed by atoms with Crippen molar-refractivity contribution in [2.24, 2.45) is 0 Å². The Hall–Kier alpha value is -3.27. The van der Waals surface area contributed by atoms with Crippen LogP contribution in [0.2, 0.25) is 0 Å². The Balaban J connectivity index is 2.07. The molecule has 0 spiro atoms. The Morgan fingerprint density at radius 2 is 1.71 bits per heavy atom. The second-order valence-electron chi connectivity index (χ2n) is 5.42. The van der Waals surface area contributed by atoms with Gasteiger partial charge in [0, 0.05) is 17.3 Å². The smallest absolute Gasteiger partial charge is 0.257 e. The van der Waals surface area contributed by atoms with Crippen LogP contribution < -0.4 is 5.56 Å². The number of pyridine rings is 2. The number of hydrogen-bond donors (Lipinski definition) is 1. The zero-order chi connectivity index (χ0) is 16.5. The zero-order valence-electron chi connectivity index (χ0n) is 12.6. The lowest BCUT2D eigenvalue weighted by Crippen LogP contribution is -2.06. The van der Waals surface area contributed by atoms with Crippen LogP contribution in [0.25, 0.3) is 33.3 Å². The minimum atomic E-state index is -0.304. The molecule has 3 nitrogen and oxygen atoms in total. The fourth-order valence-corrected chi connectivity index (χ4v) is 2.72. The maximum absolute atomic E-state index is 13.3. The molecule has 2 aromatic heterocycles. The second kappa shape index (κ2) is 5.74. The van der Waals surface area contributed by atoms with Crippen molar-refractivity contribution >= 4 is 10.9 Å². The van der Waals surface area contributed by atoms with Crippen LogP contribution in [0.4, 0.5) is 4.39 Å². The second-order valence-corrected chi connectivity index (χ2v) is 5.42. The van der Waals surface area contributed by atoms with Crippen molar-refractivity contribution in [3.05, 3.63) is 89.1 Å². The average molecular weight is 315 g/mol. The fourth-order valence-electron chi connectivity index (χ4n) is 2.72. The number of nitrogens with one attached hydrogen (secondary N) is 1. The lowest BCUT2D eigenvalue weighted by molar-refractivity contribution is 0.628. The molecule has 0 atom stereocenters. The highest BCUT2D eigenvalue weighted by molar-refractivity contribution is 5.91. The van der Waals surface area contributed by atoms with Crippen molar-refractivity contribution in [1.82, 2.24) is 9.97 Å². The Morgan fingerprint density at radius 1 is 0.958 bits per heavy atom. The van der Waals surface area contributed by atoms with Crippen LogP contribution >= 0.6 is 0 Å². The van der Waals surface area contributed by atoms with Gasteiger partial charge in [-0.15, -0.1) is 0 Å². The van der Waals surface area contributed by atoms with E-state index >= 15 is 0 Å². The minimum absolute atomic E-state index is 0.198. The van der Waals surface area contributed by atoms with Crippen molar-refractivity contribution < 1.29 is 4.39 Å². The van der Waals surface area contributed by atoms with Gasteiger partial charge in [-0.25, -0.2) is 9.37 Å². The van der Waals surface area contributed by atoms with Crippen LogP contribution in [0.1, 0.15) is 0 Å². The summed E-state index contributed by atoms with van der Waals surface area (Å²) in [6, 6.07) is 20.2. The molecular formula is C20H12FN2O. The van der Waals surface area contributed by atoms with E-state index in [0.717, 1.165) is 22.4 Å². The predicted octanol–water partition coefficient (Wildman–Crippen LogP) is 4.20. The van der Waals surface area contributed by atoms with Crippen molar-refractivity contribution in [2.75, 3.05) is 0 Å². The van der Waals surface area contributed by atoms with Crippen molar-refractivity contribution in [2.45, 2.75) is 0 Å². The van der Waals surface area contributed by atoms with Gasteiger partial charge in [-0.1, -0.05) is 36.4 Å². The summed E-state index contributed by atoms with van der Waals surface area (Å²) < 4.78 is 13.3. The summed E-state index contributed by atoms with van der Waals surface area (Å²) in [6.07, 6.45) is 1.58. The number of halogens is 1. The number of fused-ring (bicyclic) bond motifs is 1. The Kier molecular flexibility index (Phi) is 3.43. The van der Waals surface area contributed by atoms with Crippen molar-refractivity contribution in [1.29, 1.82) is 0 Å². The molecule has 1 radical (unpaired) electrons. The first-order chi connectivity index (χ1) is 11.7.